The van der Waals surface area contributed by atoms with Gasteiger partial charge in [-0.1, -0.05) is 13.8 Å². The Labute approximate surface area is 155 Å². The molecular weight excluding hydrogens is 387 g/mol. The van der Waals surface area contributed by atoms with Gasteiger partial charge in [0, 0.05) is 26.2 Å². The molecule has 9 heteroatoms. The predicted octanol–water partition coefficient (Wildman–Crippen LogP) is 1.70. The Bertz CT molecular complexity index is 323. The molecule has 0 aliphatic carbocycles. The van der Waals surface area contributed by atoms with Crippen LogP contribution in [0, 0.1) is 0 Å². The first-order valence-electron chi connectivity index (χ1n) is 6.96. The minimum Gasteiger partial charge on any atom is -0.299 e. The maximum atomic E-state index is 10.6. The van der Waals surface area contributed by atoms with E-state index in [0.717, 1.165) is 12.8 Å². The summed E-state index contributed by atoms with van der Waals surface area (Å²) in [6, 6.07) is 0. The van der Waals surface area contributed by atoms with Crippen molar-refractivity contribution in [1.29, 1.82) is 0 Å². The van der Waals surface area contributed by atoms with Gasteiger partial charge in [-0.2, -0.15) is 9.78 Å². The number of ketones is 2. The van der Waals surface area contributed by atoms with Crippen LogP contribution in [0.4, 0.5) is 0 Å². The van der Waals surface area contributed by atoms with Gasteiger partial charge in [0.25, 0.3) is 0 Å². The Morgan fingerprint density at radius 3 is 1.22 bits per heavy atom. The largest absolute Gasteiger partial charge is 0.349 e. The molecule has 0 unspecified atom stereocenters. The van der Waals surface area contributed by atoms with E-state index in [9.17, 15) is 19.2 Å². The maximum absolute atomic E-state index is 10.6. The molecule has 132 valence electrons. The van der Waals surface area contributed by atoms with E-state index in [4.69, 9.17) is 0 Å². The van der Waals surface area contributed by atoms with Crippen molar-refractivity contribution in [3.63, 3.8) is 0 Å². The van der Waals surface area contributed by atoms with Crippen LogP contribution in [0.1, 0.15) is 53.4 Å². The van der Waals surface area contributed by atoms with Crippen molar-refractivity contribution < 1.29 is 64.9 Å². The first-order chi connectivity index (χ1) is 10.3. The molecule has 0 heterocycles. The molecule has 0 rings (SSSR count). The maximum Gasteiger partial charge on any atom is 0.349 e. The average Bonchev–Trinajstić information content (AvgIpc) is 2.38. The molecule has 0 spiro atoms. The molecule has 0 saturated heterocycles. The number of hydrogen-bond acceptors (Lipinski definition) is 8. The zero-order chi connectivity index (χ0) is 17.4. The minimum absolute atomic E-state index is 0. The summed E-state index contributed by atoms with van der Waals surface area (Å²) in [5, 5.41) is 0. The molecule has 0 aromatic carbocycles. The molecule has 0 aliphatic rings. The van der Waals surface area contributed by atoms with Crippen LogP contribution in [-0.4, -0.2) is 36.7 Å². The van der Waals surface area contributed by atoms with Gasteiger partial charge in [0.05, 0.1) is 13.2 Å². The van der Waals surface area contributed by atoms with Gasteiger partial charge in [0.2, 0.25) is 0 Å². The molecule has 0 fully saturated rings. The second kappa shape index (κ2) is 19.1. The molecule has 0 N–H and O–H groups in total. The normalized spacial score (nSPS) is 8.87. The van der Waals surface area contributed by atoms with Gasteiger partial charge in [0.1, 0.15) is 24.4 Å². The Morgan fingerprint density at radius 2 is 1.00 bits per heavy atom. The van der Waals surface area contributed by atoms with Gasteiger partial charge < -0.3 is 0 Å². The second-order valence-corrected chi connectivity index (χ2v) is 4.31. The number of rotatable bonds is 10. The Balaban J connectivity index is -0.000000333. The van der Waals surface area contributed by atoms with Crippen molar-refractivity contribution >= 4 is 23.5 Å². The first kappa shape index (κ1) is 27.0. The smallest absolute Gasteiger partial charge is 0.299 e. The van der Waals surface area contributed by atoms with Crippen molar-refractivity contribution in [3.05, 3.63) is 0 Å². The third-order valence-electron chi connectivity index (χ3n) is 1.67. The van der Waals surface area contributed by atoms with E-state index in [-0.39, 0.29) is 50.6 Å². The Hall–Kier alpha value is -0.917. The third-order valence-corrected chi connectivity index (χ3v) is 1.67. The number of hydrogen-bond donors (Lipinski definition) is 0. The summed E-state index contributed by atoms with van der Waals surface area (Å²) < 4.78 is 0. The molecule has 0 saturated carbocycles. The van der Waals surface area contributed by atoms with Crippen LogP contribution in [0.5, 0.6) is 0 Å². The molecule has 0 radical (unpaired) electrons. The van der Waals surface area contributed by atoms with Crippen LogP contribution >= 0.6 is 0 Å². The van der Waals surface area contributed by atoms with Gasteiger partial charge >= 0.3 is 11.9 Å². The number of carbonyl (C=O) groups is 4. The summed E-state index contributed by atoms with van der Waals surface area (Å²) in [5.41, 5.74) is 0. The molecule has 0 aromatic rings. The standard InChI is InChI=1S/2C7H12O4.Zr/c2*1-3-4-10-11-7(9)5-6(2)8;/h2*3-5H2,1-2H3;. The van der Waals surface area contributed by atoms with E-state index in [1.807, 2.05) is 13.8 Å². The molecular formula is C14H24O8Zr. The van der Waals surface area contributed by atoms with Gasteiger partial charge in [-0.3, -0.25) is 19.4 Å². The number of Topliss-reactive ketones (excluding diaryl/α,β-unsaturated/α-hetero) is 2. The molecule has 0 amide bonds. The molecule has 23 heavy (non-hydrogen) atoms. The second-order valence-electron chi connectivity index (χ2n) is 4.31. The zero-order valence-electron chi connectivity index (χ0n) is 14.0. The molecule has 0 aromatic heterocycles. The predicted molar refractivity (Wildman–Crippen MR) is 75.3 cm³/mol. The van der Waals surface area contributed by atoms with E-state index in [0.29, 0.717) is 13.2 Å². The van der Waals surface area contributed by atoms with Crippen LogP contribution < -0.4 is 0 Å². The zero-order valence-corrected chi connectivity index (χ0v) is 16.5. The summed E-state index contributed by atoms with van der Waals surface area (Å²) >= 11 is 0. The van der Waals surface area contributed by atoms with Crippen molar-refractivity contribution in [3.8, 4) is 0 Å². The van der Waals surface area contributed by atoms with Gasteiger partial charge in [0.15, 0.2) is 0 Å². The fourth-order valence-corrected chi connectivity index (χ4v) is 0.847. The van der Waals surface area contributed by atoms with Crippen molar-refractivity contribution in [2.45, 2.75) is 53.4 Å². The summed E-state index contributed by atoms with van der Waals surface area (Å²) in [6.45, 7) is 7.15. The van der Waals surface area contributed by atoms with E-state index >= 15 is 0 Å². The van der Waals surface area contributed by atoms with Crippen LogP contribution in [-0.2, 0) is 64.9 Å². The third kappa shape index (κ3) is 26.3. The van der Waals surface area contributed by atoms with Gasteiger partial charge in [-0.05, 0) is 26.7 Å². The van der Waals surface area contributed by atoms with E-state index in [1.165, 1.54) is 13.8 Å². The van der Waals surface area contributed by atoms with E-state index in [1.54, 1.807) is 0 Å². The summed E-state index contributed by atoms with van der Waals surface area (Å²) in [6.07, 6.45) is 1.11. The van der Waals surface area contributed by atoms with Crippen LogP contribution in [0.25, 0.3) is 0 Å². The van der Waals surface area contributed by atoms with Crippen molar-refractivity contribution in [1.82, 2.24) is 0 Å². The Kier molecular flexibility index (Phi) is 22.4. The molecule has 8 nitrogen and oxygen atoms in total. The fraction of sp³-hybridized carbons (Fsp3) is 0.714. The average molecular weight is 412 g/mol. The van der Waals surface area contributed by atoms with E-state index < -0.39 is 11.9 Å². The minimum atomic E-state index is -0.633. The monoisotopic (exact) mass is 410 g/mol. The molecule has 0 atom stereocenters. The topological polar surface area (TPSA) is 105 Å². The van der Waals surface area contributed by atoms with E-state index in [2.05, 4.69) is 19.6 Å². The molecule has 0 bridgehead atoms. The fourth-order valence-electron chi connectivity index (χ4n) is 0.847. The van der Waals surface area contributed by atoms with Crippen LogP contribution in [0.3, 0.4) is 0 Å². The van der Waals surface area contributed by atoms with Crippen molar-refractivity contribution in [2.24, 2.45) is 0 Å². The SMILES string of the molecule is CCCOOC(=O)CC(C)=O.CCCOOC(=O)CC(C)=O.[Zr]. The van der Waals surface area contributed by atoms with Gasteiger partial charge in [-0.25, -0.2) is 9.59 Å². The summed E-state index contributed by atoms with van der Waals surface area (Å²) in [4.78, 5) is 59.1. The summed E-state index contributed by atoms with van der Waals surface area (Å²) in [7, 11) is 0. The summed E-state index contributed by atoms with van der Waals surface area (Å²) in [5.74, 6) is -1.72. The number of carbonyl (C=O) groups excluding carboxylic acids is 4. The first-order valence-corrected chi connectivity index (χ1v) is 6.96. The van der Waals surface area contributed by atoms with Crippen LogP contribution in [0.2, 0.25) is 0 Å². The quantitative estimate of drug-likeness (QED) is 0.231. The van der Waals surface area contributed by atoms with Crippen molar-refractivity contribution in [2.75, 3.05) is 13.2 Å². The molecule has 0 aliphatic heterocycles. The van der Waals surface area contributed by atoms with Crippen LogP contribution in [0.15, 0.2) is 0 Å². The van der Waals surface area contributed by atoms with Gasteiger partial charge in [-0.15, -0.1) is 0 Å². The Morgan fingerprint density at radius 1 is 0.696 bits per heavy atom.